The second kappa shape index (κ2) is 9.22. The molecule has 0 radical (unpaired) electrons. The number of rotatable bonds is 9. The van der Waals surface area contributed by atoms with Gasteiger partial charge in [-0.3, -0.25) is 0 Å². The molecule has 0 rings (SSSR count). The van der Waals surface area contributed by atoms with E-state index in [0.717, 1.165) is 32.5 Å². The maximum atomic E-state index is 5.64. The van der Waals surface area contributed by atoms with Crippen molar-refractivity contribution >= 4 is 0 Å². The van der Waals surface area contributed by atoms with Crippen molar-refractivity contribution in [2.24, 2.45) is 0 Å². The van der Waals surface area contributed by atoms with Crippen LogP contribution in [0, 0.1) is 0 Å². The highest BCUT2D eigenvalue weighted by Crippen LogP contribution is 2.03. The first kappa shape index (κ1) is 13.7. The molecule has 0 aliphatic heterocycles. The Morgan fingerprint density at radius 3 is 2.79 bits per heavy atom. The smallest absolute Gasteiger partial charge is 0.0547 e. The number of nitrogens with one attached hydrogen (secondary N) is 1. The summed E-state index contributed by atoms with van der Waals surface area (Å²) in [5.41, 5.74) is 1.20. The van der Waals surface area contributed by atoms with Gasteiger partial charge in [0, 0.05) is 0 Å². The van der Waals surface area contributed by atoms with E-state index in [1.165, 1.54) is 12.0 Å². The highest BCUT2D eigenvalue weighted by Gasteiger charge is 2.00. The van der Waals surface area contributed by atoms with Crippen molar-refractivity contribution in [3.63, 3.8) is 0 Å². The van der Waals surface area contributed by atoms with Crippen molar-refractivity contribution in [2.45, 2.75) is 46.1 Å². The van der Waals surface area contributed by atoms with Crippen molar-refractivity contribution in [3.8, 4) is 0 Å². The molecule has 1 N–H and O–H groups in total. The van der Waals surface area contributed by atoms with Crippen molar-refractivity contribution < 1.29 is 4.74 Å². The van der Waals surface area contributed by atoms with Crippen LogP contribution in [0.25, 0.3) is 0 Å². The summed E-state index contributed by atoms with van der Waals surface area (Å²) in [6.45, 7) is 13.1. The van der Waals surface area contributed by atoms with Gasteiger partial charge in [0.15, 0.2) is 0 Å². The summed E-state index contributed by atoms with van der Waals surface area (Å²) in [5, 5.41) is 3.31. The lowest BCUT2D eigenvalue weighted by atomic mass is 10.2. The largest absolute Gasteiger partial charge is 0.378 e. The average Bonchev–Trinajstić information content (AvgIpc) is 2.12. The highest BCUT2D eigenvalue weighted by atomic mass is 16.5. The first-order valence-electron chi connectivity index (χ1n) is 5.63. The summed E-state index contributed by atoms with van der Waals surface area (Å²) in [7, 11) is 0. The summed E-state index contributed by atoms with van der Waals surface area (Å²) >= 11 is 0. The van der Waals surface area contributed by atoms with Gasteiger partial charge in [-0.25, -0.2) is 0 Å². The van der Waals surface area contributed by atoms with Gasteiger partial charge in [0.25, 0.3) is 0 Å². The maximum absolute atomic E-state index is 5.64. The van der Waals surface area contributed by atoms with Crippen LogP contribution in [0.1, 0.15) is 40.0 Å². The molecule has 0 fully saturated rings. The second-order valence-electron chi connectivity index (χ2n) is 3.88. The fraction of sp³-hybridized carbons (Fsp3) is 0.833. The molecule has 0 amide bonds. The first-order valence-corrected chi connectivity index (χ1v) is 5.63. The lowest BCUT2D eigenvalue weighted by molar-refractivity contribution is 0.0613. The van der Waals surface area contributed by atoms with Gasteiger partial charge in [0.2, 0.25) is 0 Å². The van der Waals surface area contributed by atoms with E-state index >= 15 is 0 Å². The molecule has 84 valence electrons. The Hall–Kier alpha value is -0.340. The van der Waals surface area contributed by atoms with E-state index < -0.39 is 0 Å². The molecule has 14 heavy (non-hydrogen) atoms. The summed E-state index contributed by atoms with van der Waals surface area (Å²) < 4.78 is 5.64. The zero-order valence-electron chi connectivity index (χ0n) is 9.94. The predicted octanol–water partition coefficient (Wildman–Crippen LogP) is 2.75. The van der Waals surface area contributed by atoms with Crippen LogP contribution in [0.2, 0.25) is 0 Å². The van der Waals surface area contributed by atoms with Gasteiger partial charge in [-0.2, -0.15) is 0 Å². The topological polar surface area (TPSA) is 21.3 Å². The fourth-order valence-electron chi connectivity index (χ4n) is 1.21. The van der Waals surface area contributed by atoms with Crippen molar-refractivity contribution in [3.05, 3.63) is 12.2 Å². The molecular weight excluding hydrogens is 174 g/mol. The standard InChI is InChI=1S/C12H25NO/c1-5-13-9-6-7-12(4)14-10-8-11(2)3/h12-13H,2,5-10H2,1,3-4H3. The Bertz CT molecular complexity index is 145. The maximum Gasteiger partial charge on any atom is 0.0547 e. The summed E-state index contributed by atoms with van der Waals surface area (Å²) in [6, 6.07) is 0. The quantitative estimate of drug-likeness (QED) is 0.455. The molecule has 0 aliphatic rings. The molecule has 2 heteroatoms. The molecule has 0 heterocycles. The summed E-state index contributed by atoms with van der Waals surface area (Å²) in [4.78, 5) is 0. The summed E-state index contributed by atoms with van der Waals surface area (Å²) in [6.07, 6.45) is 3.70. The van der Waals surface area contributed by atoms with Crippen LogP contribution in [0.4, 0.5) is 0 Å². The first-order chi connectivity index (χ1) is 6.66. The van der Waals surface area contributed by atoms with E-state index in [9.17, 15) is 0 Å². The lowest BCUT2D eigenvalue weighted by Gasteiger charge is -2.12. The van der Waals surface area contributed by atoms with Gasteiger partial charge in [-0.1, -0.05) is 12.5 Å². The molecule has 0 aromatic carbocycles. The molecule has 2 nitrogen and oxygen atoms in total. The molecular formula is C12H25NO. The van der Waals surface area contributed by atoms with Gasteiger partial charge in [0.1, 0.15) is 0 Å². The minimum absolute atomic E-state index is 0.382. The highest BCUT2D eigenvalue weighted by molar-refractivity contribution is 4.87. The Morgan fingerprint density at radius 2 is 2.21 bits per heavy atom. The third kappa shape index (κ3) is 9.75. The Labute approximate surface area is 88.7 Å². The van der Waals surface area contributed by atoms with Gasteiger partial charge >= 0.3 is 0 Å². The average molecular weight is 199 g/mol. The predicted molar refractivity (Wildman–Crippen MR) is 62.6 cm³/mol. The zero-order chi connectivity index (χ0) is 10.8. The molecule has 0 aromatic rings. The molecule has 1 atom stereocenters. The van der Waals surface area contributed by atoms with E-state index in [4.69, 9.17) is 4.74 Å². The molecule has 0 saturated carbocycles. The third-order valence-electron chi connectivity index (χ3n) is 2.15. The van der Waals surface area contributed by atoms with Crippen LogP contribution in [0.3, 0.4) is 0 Å². The van der Waals surface area contributed by atoms with Crippen LogP contribution >= 0.6 is 0 Å². The van der Waals surface area contributed by atoms with Gasteiger partial charge in [0.05, 0.1) is 12.7 Å². The second-order valence-corrected chi connectivity index (χ2v) is 3.88. The van der Waals surface area contributed by atoms with Crippen LogP contribution in [-0.4, -0.2) is 25.8 Å². The third-order valence-corrected chi connectivity index (χ3v) is 2.15. The van der Waals surface area contributed by atoms with E-state index in [1.54, 1.807) is 0 Å². The minimum Gasteiger partial charge on any atom is -0.378 e. The molecule has 0 bridgehead atoms. The Kier molecular flexibility index (Phi) is 9.00. The Morgan fingerprint density at radius 1 is 1.50 bits per heavy atom. The SMILES string of the molecule is C=C(C)CCOC(C)CCCNCC. The van der Waals surface area contributed by atoms with Gasteiger partial charge in [-0.05, 0) is 46.2 Å². The van der Waals surface area contributed by atoms with E-state index in [1.807, 2.05) is 6.92 Å². The minimum atomic E-state index is 0.382. The molecule has 0 saturated heterocycles. The number of hydrogen-bond donors (Lipinski definition) is 1. The van der Waals surface area contributed by atoms with E-state index in [-0.39, 0.29) is 0 Å². The monoisotopic (exact) mass is 199 g/mol. The number of hydrogen-bond acceptors (Lipinski definition) is 2. The van der Waals surface area contributed by atoms with Crippen LogP contribution in [0.5, 0.6) is 0 Å². The lowest BCUT2D eigenvalue weighted by Crippen LogP contribution is -2.17. The zero-order valence-corrected chi connectivity index (χ0v) is 9.94. The Balaban J connectivity index is 3.19. The normalized spacial score (nSPS) is 12.8. The summed E-state index contributed by atoms with van der Waals surface area (Å²) in [5.74, 6) is 0. The molecule has 0 aromatic heterocycles. The van der Waals surface area contributed by atoms with Crippen molar-refractivity contribution in [1.29, 1.82) is 0 Å². The van der Waals surface area contributed by atoms with Crippen LogP contribution in [0.15, 0.2) is 12.2 Å². The van der Waals surface area contributed by atoms with E-state index in [2.05, 4.69) is 25.7 Å². The van der Waals surface area contributed by atoms with Gasteiger partial charge in [-0.15, -0.1) is 6.58 Å². The fourth-order valence-corrected chi connectivity index (χ4v) is 1.21. The van der Waals surface area contributed by atoms with E-state index in [0.29, 0.717) is 6.10 Å². The van der Waals surface area contributed by atoms with Crippen molar-refractivity contribution in [2.75, 3.05) is 19.7 Å². The molecule has 0 aliphatic carbocycles. The molecule has 0 spiro atoms. The van der Waals surface area contributed by atoms with Gasteiger partial charge < -0.3 is 10.1 Å². The van der Waals surface area contributed by atoms with Crippen molar-refractivity contribution in [1.82, 2.24) is 5.32 Å². The molecule has 1 unspecified atom stereocenters. The number of ether oxygens (including phenoxy) is 1. The van der Waals surface area contributed by atoms with Crippen LogP contribution in [-0.2, 0) is 4.74 Å². The van der Waals surface area contributed by atoms with Crippen LogP contribution < -0.4 is 5.32 Å².